The number of β-lactam (4-membered cyclic amide) rings is 1. The van der Waals surface area contributed by atoms with Crippen molar-refractivity contribution in [1.82, 2.24) is 8.61 Å². The molecule has 34 heavy (non-hydrogen) atoms. The molecule has 2 N–H and O–H groups in total. The number of amides is 1. The van der Waals surface area contributed by atoms with E-state index in [9.17, 15) is 9.59 Å². The number of esters is 1. The van der Waals surface area contributed by atoms with E-state index in [0.717, 1.165) is 16.7 Å². The third kappa shape index (κ3) is 5.01. The summed E-state index contributed by atoms with van der Waals surface area (Å²) in [5, 5.41) is -0.267. The van der Waals surface area contributed by atoms with Crippen LogP contribution in [0, 0.1) is 0 Å². The normalized spacial score (nSPS) is 19.5. The number of hydrogen-bond donors (Lipinski definition) is 1. The Kier molecular flexibility index (Phi) is 8.26. The van der Waals surface area contributed by atoms with Gasteiger partial charge in [0.25, 0.3) is 0 Å². The zero-order valence-electron chi connectivity index (χ0n) is 18.7. The zero-order chi connectivity index (χ0) is 24.2. The van der Waals surface area contributed by atoms with Crippen LogP contribution in [-0.2, 0) is 14.3 Å². The molecule has 0 aliphatic carbocycles. The highest BCUT2D eigenvalue weighted by Gasteiger charge is 2.52. The van der Waals surface area contributed by atoms with Crippen LogP contribution in [0.5, 0.6) is 0 Å². The average Bonchev–Trinajstić information content (AvgIpc) is 2.88. The lowest BCUT2D eigenvalue weighted by Gasteiger charge is -2.48. The van der Waals surface area contributed by atoms with E-state index in [4.69, 9.17) is 22.7 Å². The molecule has 10 heteroatoms. The Morgan fingerprint density at radius 1 is 1.15 bits per heavy atom. The molecule has 0 saturated carbocycles. The highest BCUT2D eigenvalue weighted by Crippen LogP contribution is 2.42. The first kappa shape index (κ1) is 25.1. The molecule has 0 spiro atoms. The SMILES string of the molecule is CSN(SC)C(=S)CC1=C(C(=O)OC(c2ccccc2)c2ccccc2)N2C(=O)C(N)[C@@H]2SC1. The first-order chi connectivity index (χ1) is 16.5. The van der Waals surface area contributed by atoms with Gasteiger partial charge in [0.2, 0.25) is 5.91 Å². The van der Waals surface area contributed by atoms with Crippen LogP contribution in [0.15, 0.2) is 71.9 Å². The van der Waals surface area contributed by atoms with Crippen LogP contribution in [0.3, 0.4) is 0 Å². The predicted octanol–water partition coefficient (Wildman–Crippen LogP) is 4.39. The minimum absolute atomic E-state index is 0.267. The van der Waals surface area contributed by atoms with E-state index in [2.05, 4.69) is 0 Å². The fourth-order valence-corrected chi connectivity index (χ4v) is 7.02. The summed E-state index contributed by atoms with van der Waals surface area (Å²) >= 11 is 10.2. The maximum Gasteiger partial charge on any atom is 0.356 e. The molecule has 2 aliphatic heterocycles. The van der Waals surface area contributed by atoms with Gasteiger partial charge < -0.3 is 10.5 Å². The summed E-state index contributed by atoms with van der Waals surface area (Å²) in [7, 11) is 0. The van der Waals surface area contributed by atoms with Gasteiger partial charge >= 0.3 is 5.97 Å². The summed E-state index contributed by atoms with van der Waals surface area (Å²) in [4.78, 5) is 28.6. The Morgan fingerprint density at radius 3 is 2.24 bits per heavy atom. The lowest BCUT2D eigenvalue weighted by atomic mass is 10.0. The minimum atomic E-state index is -0.616. The van der Waals surface area contributed by atoms with Crippen molar-refractivity contribution in [2.24, 2.45) is 5.73 Å². The molecule has 4 rings (SSSR count). The highest BCUT2D eigenvalue weighted by molar-refractivity contribution is 8.13. The molecule has 6 nitrogen and oxygen atoms in total. The van der Waals surface area contributed by atoms with Gasteiger partial charge in [-0.25, -0.2) is 4.79 Å². The Morgan fingerprint density at radius 2 is 1.71 bits per heavy atom. The number of thiocarbonyl (C=S) groups is 1. The maximum atomic E-state index is 13.7. The van der Waals surface area contributed by atoms with Gasteiger partial charge in [0.1, 0.15) is 22.1 Å². The molecule has 1 fully saturated rings. The molecule has 2 aromatic carbocycles. The van der Waals surface area contributed by atoms with Crippen molar-refractivity contribution in [3.8, 4) is 0 Å². The molecular formula is C24H25N3O3S4. The first-order valence-corrected chi connectivity index (χ1v) is 14.4. The van der Waals surface area contributed by atoms with Crippen LogP contribution >= 0.6 is 47.9 Å². The van der Waals surface area contributed by atoms with Crippen molar-refractivity contribution in [3.63, 3.8) is 0 Å². The number of fused-ring (bicyclic) bond motifs is 1. The van der Waals surface area contributed by atoms with Crippen molar-refractivity contribution in [1.29, 1.82) is 0 Å². The Hall–Kier alpha value is -1.98. The lowest BCUT2D eigenvalue weighted by Crippen LogP contribution is -2.68. The number of carbonyl (C=O) groups excluding carboxylic acids is 2. The molecule has 2 heterocycles. The number of hydrogen-bond acceptors (Lipinski definition) is 8. The van der Waals surface area contributed by atoms with E-state index in [-0.39, 0.29) is 17.0 Å². The number of ether oxygens (including phenoxy) is 1. The second-order valence-corrected chi connectivity index (χ2v) is 11.0. The van der Waals surface area contributed by atoms with E-state index in [1.54, 1.807) is 11.8 Å². The molecule has 1 saturated heterocycles. The maximum absolute atomic E-state index is 13.7. The topological polar surface area (TPSA) is 75.9 Å². The molecule has 1 amide bonds. The standard InChI is InChI=1S/C24H25N3O3S4/c1-32-27(33-2)18(31)13-17-14-34-23-19(25)22(28)26(23)20(17)24(29)30-21(15-9-5-3-6-10-15)16-11-7-4-8-12-16/h3-12,19,21,23H,13-14,25H2,1-2H3/t19?,23-/m0/s1. The van der Waals surface area contributed by atoms with Crippen molar-refractivity contribution >= 4 is 64.7 Å². The summed E-state index contributed by atoms with van der Waals surface area (Å²) in [5.74, 6) is -0.249. The molecule has 0 radical (unpaired) electrons. The van der Waals surface area contributed by atoms with Crippen LogP contribution < -0.4 is 5.73 Å². The lowest BCUT2D eigenvalue weighted by molar-refractivity contribution is -0.153. The second kappa shape index (κ2) is 11.2. The van der Waals surface area contributed by atoms with E-state index >= 15 is 0 Å². The smallest absolute Gasteiger partial charge is 0.356 e. The number of benzene rings is 2. The van der Waals surface area contributed by atoms with Gasteiger partial charge in [-0.05, 0) is 40.6 Å². The quantitative estimate of drug-likeness (QED) is 0.231. The van der Waals surface area contributed by atoms with Crippen LogP contribution in [0.4, 0.5) is 0 Å². The monoisotopic (exact) mass is 531 g/mol. The summed E-state index contributed by atoms with van der Waals surface area (Å²) in [5.41, 5.74) is 8.79. The molecule has 2 atom stereocenters. The minimum Gasteiger partial charge on any atom is -0.448 e. The second-order valence-electron chi connectivity index (χ2n) is 7.69. The van der Waals surface area contributed by atoms with Crippen LogP contribution in [0.25, 0.3) is 0 Å². The molecule has 1 unspecified atom stereocenters. The third-order valence-corrected chi connectivity index (χ3v) is 9.53. The predicted molar refractivity (Wildman–Crippen MR) is 145 cm³/mol. The van der Waals surface area contributed by atoms with Gasteiger partial charge in [-0.15, -0.1) is 11.8 Å². The summed E-state index contributed by atoms with van der Waals surface area (Å²) < 4.78 is 8.03. The van der Waals surface area contributed by atoms with Crippen LogP contribution in [-0.4, -0.2) is 55.2 Å². The van der Waals surface area contributed by atoms with Gasteiger partial charge in [-0.2, -0.15) is 0 Å². The number of nitrogens with zero attached hydrogens (tertiary/aromatic N) is 2. The molecule has 2 aliphatic rings. The number of thioether (sulfide) groups is 1. The van der Waals surface area contributed by atoms with Crippen molar-refractivity contribution in [3.05, 3.63) is 83.1 Å². The van der Waals surface area contributed by atoms with Gasteiger partial charge in [0, 0.05) is 24.7 Å². The Balaban J connectivity index is 1.69. The van der Waals surface area contributed by atoms with Gasteiger partial charge in [-0.1, -0.05) is 72.9 Å². The first-order valence-electron chi connectivity index (χ1n) is 10.6. The number of carbonyl (C=O) groups is 2. The summed E-state index contributed by atoms with van der Waals surface area (Å²) in [6.45, 7) is 0. The average molecular weight is 532 g/mol. The molecule has 0 aromatic heterocycles. The highest BCUT2D eigenvalue weighted by atomic mass is 32.2. The van der Waals surface area contributed by atoms with Crippen molar-refractivity contribution in [2.75, 3.05) is 18.3 Å². The summed E-state index contributed by atoms with van der Waals surface area (Å²) in [6, 6.07) is 18.6. The van der Waals surface area contributed by atoms with Crippen molar-refractivity contribution < 1.29 is 14.3 Å². The summed E-state index contributed by atoms with van der Waals surface area (Å²) in [6.07, 6.45) is 3.67. The van der Waals surface area contributed by atoms with E-state index in [0.29, 0.717) is 17.2 Å². The molecule has 2 aromatic rings. The third-order valence-electron chi connectivity index (χ3n) is 5.61. The van der Waals surface area contributed by atoms with Crippen LogP contribution in [0.1, 0.15) is 23.7 Å². The van der Waals surface area contributed by atoms with E-state index in [1.807, 2.05) is 76.9 Å². The van der Waals surface area contributed by atoms with Crippen LogP contribution in [0.2, 0.25) is 0 Å². The van der Waals surface area contributed by atoms with E-state index in [1.165, 1.54) is 28.8 Å². The molecule has 0 bridgehead atoms. The largest absolute Gasteiger partial charge is 0.448 e. The number of rotatable bonds is 8. The Bertz CT molecular complexity index is 1050. The molecular weight excluding hydrogens is 507 g/mol. The Labute approximate surface area is 217 Å². The molecule has 178 valence electrons. The van der Waals surface area contributed by atoms with Crippen molar-refractivity contribution in [2.45, 2.75) is 23.9 Å². The fourth-order valence-electron chi connectivity index (χ4n) is 3.98. The van der Waals surface area contributed by atoms with Gasteiger partial charge in [0.05, 0.1) is 0 Å². The van der Waals surface area contributed by atoms with Gasteiger partial charge in [0.15, 0.2) is 6.10 Å². The van der Waals surface area contributed by atoms with Gasteiger partial charge in [-0.3, -0.25) is 13.4 Å². The van der Waals surface area contributed by atoms with E-state index < -0.39 is 18.1 Å². The zero-order valence-corrected chi connectivity index (χ0v) is 22.0. The fraction of sp³-hybridized carbons (Fsp3) is 0.292. The number of nitrogens with two attached hydrogens (primary N) is 1.